The molecule has 2 saturated heterocycles. The molecule has 2 N–H and O–H groups in total. The SMILES string of the molecule is CCN1C(=O)C2CCNN2C2CCC(C(=O)Nc3cc(F)ccc3C)CC21. The van der Waals surface area contributed by atoms with Gasteiger partial charge in [-0.25, -0.2) is 9.40 Å². The van der Waals surface area contributed by atoms with Gasteiger partial charge in [0.15, 0.2) is 0 Å². The van der Waals surface area contributed by atoms with Gasteiger partial charge in [0.25, 0.3) is 0 Å². The number of likely N-dealkylation sites (N-methyl/N-ethyl adjacent to an activating group) is 1. The number of nitrogens with zero attached hydrogens (tertiary/aromatic N) is 2. The second-order valence-electron chi connectivity index (χ2n) is 7.84. The number of rotatable bonds is 3. The molecule has 7 heteroatoms. The maximum absolute atomic E-state index is 13.5. The number of fused-ring (bicyclic) bond motifs is 3. The van der Waals surface area contributed by atoms with Crippen molar-refractivity contribution in [3.8, 4) is 0 Å². The lowest BCUT2D eigenvalue weighted by atomic mass is 9.78. The summed E-state index contributed by atoms with van der Waals surface area (Å²) in [5.74, 6) is -0.441. The first-order chi connectivity index (χ1) is 13.0. The summed E-state index contributed by atoms with van der Waals surface area (Å²) >= 11 is 0. The van der Waals surface area contributed by atoms with Gasteiger partial charge in [0.05, 0.1) is 0 Å². The number of carbonyl (C=O) groups is 2. The molecule has 0 radical (unpaired) electrons. The number of amides is 2. The molecule has 1 aromatic rings. The topological polar surface area (TPSA) is 64.7 Å². The highest BCUT2D eigenvalue weighted by molar-refractivity contribution is 5.93. The number of halogens is 1. The van der Waals surface area contributed by atoms with Crippen LogP contribution in [0.15, 0.2) is 18.2 Å². The van der Waals surface area contributed by atoms with E-state index in [1.54, 1.807) is 6.07 Å². The molecule has 3 aliphatic rings. The lowest BCUT2D eigenvalue weighted by Crippen LogP contribution is -2.68. The van der Waals surface area contributed by atoms with Crippen LogP contribution in [0.2, 0.25) is 0 Å². The van der Waals surface area contributed by atoms with Gasteiger partial charge in [-0.15, -0.1) is 0 Å². The monoisotopic (exact) mass is 374 g/mol. The van der Waals surface area contributed by atoms with E-state index in [-0.39, 0.29) is 41.7 Å². The average molecular weight is 374 g/mol. The number of hydrogen-bond donors (Lipinski definition) is 2. The second-order valence-corrected chi connectivity index (χ2v) is 7.84. The summed E-state index contributed by atoms with van der Waals surface area (Å²) < 4.78 is 13.5. The van der Waals surface area contributed by atoms with Crippen LogP contribution in [0.4, 0.5) is 10.1 Å². The number of hydrazine groups is 1. The fraction of sp³-hybridized carbons (Fsp3) is 0.600. The van der Waals surface area contributed by atoms with E-state index in [4.69, 9.17) is 0 Å². The van der Waals surface area contributed by atoms with Crippen LogP contribution < -0.4 is 10.7 Å². The van der Waals surface area contributed by atoms with Gasteiger partial charge in [-0.1, -0.05) is 6.07 Å². The van der Waals surface area contributed by atoms with Crippen LogP contribution in [0.3, 0.4) is 0 Å². The first-order valence-corrected chi connectivity index (χ1v) is 9.89. The predicted octanol–water partition coefficient (Wildman–Crippen LogP) is 2.05. The van der Waals surface area contributed by atoms with Gasteiger partial charge < -0.3 is 10.2 Å². The van der Waals surface area contributed by atoms with Crippen LogP contribution in [0.5, 0.6) is 0 Å². The lowest BCUT2D eigenvalue weighted by molar-refractivity contribution is -0.155. The summed E-state index contributed by atoms with van der Waals surface area (Å²) in [5, 5.41) is 5.04. The van der Waals surface area contributed by atoms with Crippen LogP contribution in [-0.2, 0) is 9.59 Å². The Kier molecular flexibility index (Phi) is 4.90. The molecule has 0 aromatic heterocycles. The first-order valence-electron chi connectivity index (χ1n) is 9.89. The molecule has 146 valence electrons. The summed E-state index contributed by atoms with van der Waals surface area (Å²) in [4.78, 5) is 27.7. The smallest absolute Gasteiger partial charge is 0.241 e. The van der Waals surface area contributed by atoms with Crippen molar-refractivity contribution in [1.29, 1.82) is 0 Å². The van der Waals surface area contributed by atoms with E-state index in [0.29, 0.717) is 18.7 Å². The van der Waals surface area contributed by atoms with Gasteiger partial charge >= 0.3 is 0 Å². The average Bonchev–Trinajstić information content (AvgIpc) is 3.15. The Morgan fingerprint density at radius 2 is 2.11 bits per heavy atom. The molecule has 0 spiro atoms. The standard InChI is InChI=1S/C20H27FN4O2/c1-3-24-18-10-13(19(26)23-15-11-14(21)6-4-12(15)2)5-7-16(18)25-17(20(24)27)8-9-22-25/h4,6,11,13,16-18,22H,3,5,7-10H2,1-2H3,(H,23,26). The number of aryl methyl sites for hydroxylation is 1. The third-order valence-corrected chi connectivity index (χ3v) is 6.32. The lowest BCUT2D eigenvalue weighted by Gasteiger charge is -2.51. The van der Waals surface area contributed by atoms with Crippen molar-refractivity contribution >= 4 is 17.5 Å². The summed E-state index contributed by atoms with van der Waals surface area (Å²) in [6, 6.07) is 4.66. The zero-order valence-electron chi connectivity index (χ0n) is 15.9. The molecule has 27 heavy (non-hydrogen) atoms. The Labute approximate surface area is 159 Å². The van der Waals surface area contributed by atoms with E-state index < -0.39 is 0 Å². The molecule has 1 aromatic carbocycles. The second kappa shape index (κ2) is 7.20. The molecular weight excluding hydrogens is 347 g/mol. The first kappa shape index (κ1) is 18.4. The van der Waals surface area contributed by atoms with E-state index >= 15 is 0 Å². The molecule has 1 saturated carbocycles. The van der Waals surface area contributed by atoms with E-state index in [9.17, 15) is 14.0 Å². The van der Waals surface area contributed by atoms with Gasteiger partial charge in [-0.3, -0.25) is 15.0 Å². The van der Waals surface area contributed by atoms with Crippen molar-refractivity contribution in [3.05, 3.63) is 29.6 Å². The summed E-state index contributed by atoms with van der Waals surface area (Å²) in [6.07, 6.45) is 3.15. The normalized spacial score (nSPS) is 30.8. The molecule has 4 atom stereocenters. The summed E-state index contributed by atoms with van der Waals surface area (Å²) in [7, 11) is 0. The molecule has 6 nitrogen and oxygen atoms in total. The van der Waals surface area contributed by atoms with Crippen molar-refractivity contribution in [3.63, 3.8) is 0 Å². The Balaban J connectivity index is 1.50. The summed E-state index contributed by atoms with van der Waals surface area (Å²) in [5.41, 5.74) is 4.74. The molecule has 3 fully saturated rings. The van der Waals surface area contributed by atoms with Crippen LogP contribution >= 0.6 is 0 Å². The zero-order valence-corrected chi connectivity index (χ0v) is 15.9. The molecule has 1 aliphatic carbocycles. The van der Waals surface area contributed by atoms with Crippen LogP contribution in [-0.4, -0.2) is 52.9 Å². The van der Waals surface area contributed by atoms with Crippen LogP contribution in [0.25, 0.3) is 0 Å². The third kappa shape index (κ3) is 3.23. The number of benzene rings is 1. The number of hydrogen-bond acceptors (Lipinski definition) is 4. The van der Waals surface area contributed by atoms with Gasteiger partial charge in [-0.2, -0.15) is 0 Å². The minimum atomic E-state index is -0.360. The Morgan fingerprint density at radius 1 is 1.30 bits per heavy atom. The molecule has 2 heterocycles. The minimum Gasteiger partial charge on any atom is -0.337 e. The highest BCUT2D eigenvalue weighted by Gasteiger charge is 2.51. The highest BCUT2D eigenvalue weighted by Crippen LogP contribution is 2.37. The van der Waals surface area contributed by atoms with Gasteiger partial charge in [-0.05, 0) is 57.2 Å². The fourth-order valence-corrected chi connectivity index (χ4v) is 4.91. The highest BCUT2D eigenvalue weighted by atomic mass is 19.1. The maximum atomic E-state index is 13.5. The van der Waals surface area contributed by atoms with Crippen molar-refractivity contribution in [2.45, 2.75) is 57.7 Å². The predicted molar refractivity (Wildman–Crippen MR) is 100 cm³/mol. The van der Waals surface area contributed by atoms with Crippen LogP contribution in [0, 0.1) is 18.7 Å². The van der Waals surface area contributed by atoms with E-state index in [1.165, 1.54) is 12.1 Å². The van der Waals surface area contributed by atoms with Gasteiger partial charge in [0.1, 0.15) is 11.9 Å². The van der Waals surface area contributed by atoms with E-state index in [0.717, 1.165) is 31.4 Å². The number of piperazine rings is 1. The number of nitrogens with one attached hydrogen (secondary N) is 2. The van der Waals surface area contributed by atoms with Crippen molar-refractivity contribution in [2.75, 3.05) is 18.4 Å². The molecular formula is C20H27FN4O2. The minimum absolute atomic E-state index is 0.0439. The van der Waals surface area contributed by atoms with Crippen LogP contribution in [0.1, 0.15) is 38.2 Å². The molecule has 0 bridgehead atoms. The molecule has 4 unspecified atom stereocenters. The fourth-order valence-electron chi connectivity index (χ4n) is 4.91. The van der Waals surface area contributed by atoms with Gasteiger partial charge in [0, 0.05) is 36.8 Å². The van der Waals surface area contributed by atoms with E-state index in [2.05, 4.69) is 15.8 Å². The number of carbonyl (C=O) groups excluding carboxylic acids is 2. The van der Waals surface area contributed by atoms with Crippen molar-refractivity contribution < 1.29 is 14.0 Å². The Hall–Kier alpha value is -1.99. The maximum Gasteiger partial charge on any atom is 0.241 e. The number of anilines is 1. The molecule has 4 rings (SSSR count). The van der Waals surface area contributed by atoms with Crippen molar-refractivity contribution in [1.82, 2.24) is 15.3 Å². The Morgan fingerprint density at radius 3 is 2.89 bits per heavy atom. The third-order valence-electron chi connectivity index (χ3n) is 6.32. The van der Waals surface area contributed by atoms with Crippen molar-refractivity contribution in [2.24, 2.45) is 5.92 Å². The molecule has 2 aliphatic heterocycles. The molecule has 2 amide bonds. The largest absolute Gasteiger partial charge is 0.337 e. The zero-order chi connectivity index (χ0) is 19.1. The quantitative estimate of drug-likeness (QED) is 0.850. The summed E-state index contributed by atoms with van der Waals surface area (Å²) in [6.45, 7) is 5.36. The van der Waals surface area contributed by atoms with E-state index in [1.807, 2.05) is 18.7 Å². The Bertz CT molecular complexity index is 755. The van der Waals surface area contributed by atoms with Gasteiger partial charge in [0.2, 0.25) is 11.8 Å².